The molecule has 0 saturated carbocycles. The van der Waals surface area contributed by atoms with Gasteiger partial charge in [0.2, 0.25) is 0 Å². The molecule has 0 aliphatic rings. The average Bonchev–Trinajstić information content (AvgIpc) is 2.28. The Bertz CT molecular complexity index is 427. The van der Waals surface area contributed by atoms with Crippen molar-refractivity contribution < 1.29 is 14.3 Å². The van der Waals surface area contributed by atoms with E-state index < -0.39 is 5.97 Å². The van der Waals surface area contributed by atoms with E-state index >= 15 is 0 Å². The Hall–Kier alpha value is -1.35. The van der Waals surface area contributed by atoms with Gasteiger partial charge in [-0.15, -0.1) is 11.6 Å². The number of hydrogen-bond donors (Lipinski definition) is 0. The van der Waals surface area contributed by atoms with Crippen molar-refractivity contribution in [2.24, 2.45) is 0 Å². The van der Waals surface area contributed by atoms with Crippen molar-refractivity contribution in [2.75, 3.05) is 6.61 Å². The van der Waals surface area contributed by atoms with Gasteiger partial charge in [-0.3, -0.25) is 4.79 Å². The van der Waals surface area contributed by atoms with Crippen molar-refractivity contribution in [3.05, 3.63) is 34.9 Å². The first-order valence-corrected chi connectivity index (χ1v) is 5.96. The fourth-order valence-electron chi connectivity index (χ4n) is 1.54. The largest absolute Gasteiger partial charge is 0.462 e. The number of benzene rings is 1. The molecule has 0 N–H and O–H groups in total. The summed E-state index contributed by atoms with van der Waals surface area (Å²) in [5.41, 5.74) is 1.97. The predicted molar refractivity (Wildman–Crippen MR) is 66.3 cm³/mol. The lowest BCUT2D eigenvalue weighted by atomic mass is 10.0. The van der Waals surface area contributed by atoms with Crippen molar-refractivity contribution >= 4 is 23.4 Å². The number of hydrogen-bond acceptors (Lipinski definition) is 3. The molecule has 0 atom stereocenters. The van der Waals surface area contributed by atoms with Gasteiger partial charge in [0, 0.05) is 12.3 Å². The monoisotopic (exact) mass is 254 g/mol. The molecule has 4 heteroatoms. The first-order valence-electron chi connectivity index (χ1n) is 5.42. The van der Waals surface area contributed by atoms with Gasteiger partial charge in [-0.1, -0.05) is 12.1 Å². The Kier molecular flexibility index (Phi) is 5.16. The highest BCUT2D eigenvalue weighted by molar-refractivity contribution is 6.17. The summed E-state index contributed by atoms with van der Waals surface area (Å²) in [6.07, 6.45) is 0.314. The minimum absolute atomic E-state index is 0.0541. The maximum atomic E-state index is 11.7. The highest BCUT2D eigenvalue weighted by Crippen LogP contribution is 2.16. The first kappa shape index (κ1) is 13.7. The summed E-state index contributed by atoms with van der Waals surface area (Å²) in [7, 11) is 0. The van der Waals surface area contributed by atoms with Crippen molar-refractivity contribution in [1.82, 2.24) is 0 Å². The molecule has 17 heavy (non-hydrogen) atoms. The summed E-state index contributed by atoms with van der Waals surface area (Å²) in [5.74, 6) is -0.0962. The number of ether oxygens (including phenoxy) is 1. The van der Waals surface area contributed by atoms with Crippen LogP contribution in [0.25, 0.3) is 0 Å². The lowest BCUT2D eigenvalue weighted by Gasteiger charge is -2.08. The first-order chi connectivity index (χ1) is 8.08. The van der Waals surface area contributed by atoms with Crippen LogP contribution in [0.1, 0.15) is 35.3 Å². The second kappa shape index (κ2) is 6.40. The van der Waals surface area contributed by atoms with Crippen LogP contribution in [-0.4, -0.2) is 18.4 Å². The molecule has 92 valence electrons. The molecular formula is C13H15ClO3. The van der Waals surface area contributed by atoms with Crippen LogP contribution in [0.4, 0.5) is 0 Å². The van der Waals surface area contributed by atoms with Crippen LogP contribution in [0.15, 0.2) is 18.2 Å². The van der Waals surface area contributed by atoms with E-state index in [9.17, 15) is 9.59 Å². The minimum Gasteiger partial charge on any atom is -0.462 e. The molecule has 0 radical (unpaired) electrons. The van der Waals surface area contributed by atoms with E-state index in [4.69, 9.17) is 16.3 Å². The van der Waals surface area contributed by atoms with Crippen LogP contribution in [0, 0.1) is 0 Å². The molecule has 0 heterocycles. The molecule has 0 amide bonds. The van der Waals surface area contributed by atoms with Gasteiger partial charge in [-0.05, 0) is 31.0 Å². The maximum absolute atomic E-state index is 11.7. The Morgan fingerprint density at radius 3 is 2.59 bits per heavy atom. The molecule has 0 aliphatic heterocycles. The number of ketones is 1. The second-order valence-corrected chi connectivity index (χ2v) is 3.99. The summed E-state index contributed by atoms with van der Waals surface area (Å²) in [5, 5.41) is 0. The zero-order chi connectivity index (χ0) is 12.8. The number of esters is 1. The molecule has 1 aromatic carbocycles. The summed E-state index contributed by atoms with van der Waals surface area (Å²) in [6.45, 7) is 3.58. The lowest BCUT2D eigenvalue weighted by Crippen LogP contribution is -2.09. The molecule has 0 saturated heterocycles. The van der Waals surface area contributed by atoms with E-state index in [1.807, 2.05) is 6.07 Å². The quantitative estimate of drug-likeness (QED) is 0.599. The van der Waals surface area contributed by atoms with Crippen LogP contribution in [0.5, 0.6) is 0 Å². The Morgan fingerprint density at radius 2 is 2.06 bits per heavy atom. The van der Waals surface area contributed by atoms with Crippen LogP contribution in [0.3, 0.4) is 0 Å². The molecule has 0 aromatic heterocycles. The van der Waals surface area contributed by atoms with Crippen LogP contribution < -0.4 is 0 Å². The minimum atomic E-state index is -0.395. The van der Waals surface area contributed by atoms with Crippen molar-refractivity contribution in [3.63, 3.8) is 0 Å². The van der Waals surface area contributed by atoms with Crippen LogP contribution in [0.2, 0.25) is 0 Å². The van der Waals surface area contributed by atoms with Gasteiger partial charge < -0.3 is 4.74 Å². The molecule has 0 unspecified atom stereocenters. The summed E-state index contributed by atoms with van der Waals surface area (Å²) < 4.78 is 4.95. The van der Waals surface area contributed by atoms with Crippen LogP contribution in [-0.2, 0) is 21.8 Å². The number of halogens is 1. The summed E-state index contributed by atoms with van der Waals surface area (Å²) in [6, 6.07) is 5.25. The van der Waals surface area contributed by atoms with Crippen LogP contribution >= 0.6 is 11.6 Å². The van der Waals surface area contributed by atoms with Gasteiger partial charge >= 0.3 is 5.97 Å². The van der Waals surface area contributed by atoms with E-state index in [-0.39, 0.29) is 11.7 Å². The van der Waals surface area contributed by atoms with Crippen molar-refractivity contribution in [1.29, 1.82) is 0 Å². The standard InChI is InChI=1S/C13H15ClO3/c1-3-17-13(16)12-7-10(6-9(2)15)4-5-11(12)8-14/h4-5,7H,3,6,8H2,1-2H3. The van der Waals surface area contributed by atoms with E-state index in [1.165, 1.54) is 6.92 Å². The molecule has 3 nitrogen and oxygen atoms in total. The predicted octanol–water partition coefficient (Wildman–Crippen LogP) is 2.73. The third-order valence-corrected chi connectivity index (χ3v) is 2.55. The van der Waals surface area contributed by atoms with E-state index in [1.54, 1.807) is 19.1 Å². The smallest absolute Gasteiger partial charge is 0.338 e. The molecule has 0 spiro atoms. The van der Waals surface area contributed by atoms with Gasteiger partial charge in [0.15, 0.2) is 0 Å². The van der Waals surface area contributed by atoms with Gasteiger partial charge in [0.05, 0.1) is 12.2 Å². The Balaban J connectivity index is 3.05. The molecule has 1 aromatic rings. The molecule has 0 fully saturated rings. The topological polar surface area (TPSA) is 43.4 Å². The zero-order valence-electron chi connectivity index (χ0n) is 9.96. The fourth-order valence-corrected chi connectivity index (χ4v) is 1.77. The van der Waals surface area contributed by atoms with Crippen molar-refractivity contribution in [2.45, 2.75) is 26.1 Å². The normalized spacial score (nSPS) is 10.1. The molecular weight excluding hydrogens is 240 g/mol. The lowest BCUT2D eigenvalue weighted by molar-refractivity contribution is -0.116. The van der Waals surface area contributed by atoms with E-state index in [0.717, 1.165) is 11.1 Å². The van der Waals surface area contributed by atoms with E-state index in [2.05, 4.69) is 0 Å². The molecule has 0 aliphatic carbocycles. The Morgan fingerprint density at radius 1 is 1.35 bits per heavy atom. The van der Waals surface area contributed by atoms with Gasteiger partial charge in [0.1, 0.15) is 5.78 Å². The highest BCUT2D eigenvalue weighted by Gasteiger charge is 2.13. The number of carbonyl (C=O) groups excluding carboxylic acids is 2. The third-order valence-electron chi connectivity index (χ3n) is 2.27. The SMILES string of the molecule is CCOC(=O)c1cc(CC(C)=O)ccc1CCl. The van der Waals surface area contributed by atoms with E-state index in [0.29, 0.717) is 18.6 Å². The third kappa shape index (κ3) is 3.86. The average molecular weight is 255 g/mol. The highest BCUT2D eigenvalue weighted by atomic mass is 35.5. The fraction of sp³-hybridized carbons (Fsp3) is 0.385. The molecule has 1 rings (SSSR count). The van der Waals surface area contributed by atoms with Gasteiger partial charge in [-0.25, -0.2) is 4.79 Å². The van der Waals surface area contributed by atoms with Gasteiger partial charge in [0.25, 0.3) is 0 Å². The number of carbonyl (C=O) groups is 2. The Labute approximate surface area is 106 Å². The maximum Gasteiger partial charge on any atom is 0.338 e. The van der Waals surface area contributed by atoms with Crippen molar-refractivity contribution in [3.8, 4) is 0 Å². The zero-order valence-corrected chi connectivity index (χ0v) is 10.7. The summed E-state index contributed by atoms with van der Waals surface area (Å²) in [4.78, 5) is 22.7. The second-order valence-electron chi connectivity index (χ2n) is 3.72. The number of alkyl halides is 1. The number of Topliss-reactive ketones (excluding diaryl/α,β-unsaturated/α-hetero) is 1. The summed E-state index contributed by atoms with van der Waals surface area (Å²) >= 11 is 5.76. The number of rotatable bonds is 5. The van der Waals surface area contributed by atoms with Gasteiger partial charge in [-0.2, -0.15) is 0 Å². The molecule has 0 bridgehead atoms.